The maximum atomic E-state index is 4.75. The van der Waals surface area contributed by atoms with Gasteiger partial charge in [0.15, 0.2) is 0 Å². The molecule has 1 atom stereocenters. The molecule has 1 aromatic rings. The van der Waals surface area contributed by atoms with Crippen molar-refractivity contribution in [1.29, 1.82) is 0 Å². The van der Waals surface area contributed by atoms with Crippen molar-refractivity contribution < 1.29 is 4.63 Å². The Kier molecular flexibility index (Phi) is 4.72. The lowest BCUT2D eigenvalue weighted by atomic mass is 9.97. The molecule has 0 aromatic carbocycles. The van der Waals surface area contributed by atoms with Crippen molar-refractivity contribution in [3.05, 3.63) is 11.4 Å². The van der Waals surface area contributed by atoms with Crippen molar-refractivity contribution in [2.75, 3.05) is 19.6 Å². The van der Waals surface area contributed by atoms with Crippen LogP contribution in [0.15, 0.2) is 4.63 Å². The van der Waals surface area contributed by atoms with Gasteiger partial charge in [-0.05, 0) is 38.8 Å². The fraction of sp³-hybridized carbons (Fsp3) is 0.846. The van der Waals surface area contributed by atoms with E-state index in [1.807, 2.05) is 6.92 Å². The van der Waals surface area contributed by atoms with Gasteiger partial charge in [-0.25, -0.2) is 4.63 Å². The van der Waals surface area contributed by atoms with Gasteiger partial charge in [-0.15, -0.1) is 0 Å². The standard InChI is InChI=1S/C13H24N4O/c1-10(2)14-7-12-5-4-6-17(8-12)9-13-11(3)15-18-16-13/h10,12,14H,4-9H2,1-3H3. The molecule has 5 heteroatoms. The van der Waals surface area contributed by atoms with E-state index in [0.717, 1.165) is 43.5 Å². The molecule has 1 aliphatic heterocycles. The van der Waals surface area contributed by atoms with Crippen LogP contribution in [0.25, 0.3) is 0 Å². The molecule has 0 spiro atoms. The van der Waals surface area contributed by atoms with E-state index in [1.54, 1.807) is 0 Å². The Bertz CT molecular complexity index is 364. The summed E-state index contributed by atoms with van der Waals surface area (Å²) in [6.07, 6.45) is 2.60. The van der Waals surface area contributed by atoms with E-state index >= 15 is 0 Å². The Morgan fingerprint density at radius 2 is 2.28 bits per heavy atom. The van der Waals surface area contributed by atoms with Crippen LogP contribution in [0.5, 0.6) is 0 Å². The minimum Gasteiger partial charge on any atom is -0.314 e. The normalized spacial score (nSPS) is 21.7. The molecule has 2 rings (SSSR count). The van der Waals surface area contributed by atoms with Crippen LogP contribution >= 0.6 is 0 Å². The summed E-state index contributed by atoms with van der Waals surface area (Å²) in [6, 6.07) is 0.572. The lowest BCUT2D eigenvalue weighted by molar-refractivity contribution is 0.159. The molecule has 0 bridgehead atoms. The molecular formula is C13H24N4O. The molecule has 2 heterocycles. The van der Waals surface area contributed by atoms with Crippen molar-refractivity contribution in [2.24, 2.45) is 5.92 Å². The molecule has 1 saturated heterocycles. The average molecular weight is 252 g/mol. The quantitative estimate of drug-likeness (QED) is 0.862. The summed E-state index contributed by atoms with van der Waals surface area (Å²) in [7, 11) is 0. The number of hydrogen-bond donors (Lipinski definition) is 1. The van der Waals surface area contributed by atoms with Crippen molar-refractivity contribution in [3.8, 4) is 0 Å². The summed E-state index contributed by atoms with van der Waals surface area (Å²) in [5.41, 5.74) is 1.89. The summed E-state index contributed by atoms with van der Waals surface area (Å²) < 4.78 is 4.75. The van der Waals surface area contributed by atoms with Crippen molar-refractivity contribution in [2.45, 2.75) is 46.2 Å². The highest BCUT2D eigenvalue weighted by Gasteiger charge is 2.21. The molecule has 5 nitrogen and oxygen atoms in total. The molecule has 18 heavy (non-hydrogen) atoms. The predicted octanol–water partition coefficient (Wildman–Crippen LogP) is 1.59. The molecule has 102 valence electrons. The lowest BCUT2D eigenvalue weighted by Gasteiger charge is -2.32. The van der Waals surface area contributed by atoms with E-state index in [4.69, 9.17) is 4.63 Å². The van der Waals surface area contributed by atoms with Gasteiger partial charge in [-0.1, -0.05) is 24.2 Å². The zero-order valence-corrected chi connectivity index (χ0v) is 11.6. The van der Waals surface area contributed by atoms with E-state index in [2.05, 4.69) is 34.4 Å². The van der Waals surface area contributed by atoms with Gasteiger partial charge in [0.1, 0.15) is 11.4 Å². The van der Waals surface area contributed by atoms with Crippen LogP contribution in [0, 0.1) is 12.8 Å². The zero-order chi connectivity index (χ0) is 13.0. The molecule has 1 aromatic heterocycles. The highest BCUT2D eigenvalue weighted by atomic mass is 16.6. The average Bonchev–Trinajstić information content (AvgIpc) is 2.73. The first kappa shape index (κ1) is 13.5. The minimum atomic E-state index is 0.572. The van der Waals surface area contributed by atoms with Crippen LogP contribution in [-0.4, -0.2) is 40.9 Å². The number of aromatic nitrogens is 2. The van der Waals surface area contributed by atoms with E-state index in [-0.39, 0.29) is 0 Å². The fourth-order valence-electron chi connectivity index (χ4n) is 2.47. The summed E-state index contributed by atoms with van der Waals surface area (Å²) in [6.45, 7) is 10.6. The first-order valence-electron chi connectivity index (χ1n) is 6.89. The summed E-state index contributed by atoms with van der Waals surface area (Å²) in [4.78, 5) is 2.46. The van der Waals surface area contributed by atoms with E-state index in [9.17, 15) is 0 Å². The molecule has 1 fully saturated rings. The van der Waals surface area contributed by atoms with E-state index in [1.165, 1.54) is 12.8 Å². The maximum Gasteiger partial charge on any atom is 0.122 e. The third-order valence-corrected chi connectivity index (χ3v) is 3.54. The van der Waals surface area contributed by atoms with Gasteiger partial charge in [-0.2, -0.15) is 0 Å². The van der Waals surface area contributed by atoms with E-state index < -0.39 is 0 Å². The van der Waals surface area contributed by atoms with Gasteiger partial charge in [0.05, 0.1) is 0 Å². The highest BCUT2D eigenvalue weighted by molar-refractivity contribution is 5.04. The van der Waals surface area contributed by atoms with E-state index in [0.29, 0.717) is 6.04 Å². The molecule has 0 amide bonds. The second-order valence-corrected chi connectivity index (χ2v) is 5.60. The Hall–Kier alpha value is -0.940. The van der Waals surface area contributed by atoms with Gasteiger partial charge in [0, 0.05) is 19.1 Å². The fourth-order valence-corrected chi connectivity index (χ4v) is 2.47. The van der Waals surface area contributed by atoms with Crippen LogP contribution in [0.1, 0.15) is 38.1 Å². The zero-order valence-electron chi connectivity index (χ0n) is 11.6. The summed E-state index contributed by atoms with van der Waals surface area (Å²) >= 11 is 0. The number of nitrogens with zero attached hydrogens (tertiary/aromatic N) is 3. The SMILES string of the molecule is Cc1nonc1CN1CCCC(CNC(C)C)C1. The van der Waals surface area contributed by atoms with Crippen LogP contribution in [0.3, 0.4) is 0 Å². The first-order chi connectivity index (χ1) is 8.65. The van der Waals surface area contributed by atoms with Gasteiger partial charge in [0.2, 0.25) is 0 Å². The number of likely N-dealkylation sites (tertiary alicyclic amines) is 1. The first-order valence-corrected chi connectivity index (χ1v) is 6.89. The Morgan fingerprint density at radius 3 is 2.94 bits per heavy atom. The number of rotatable bonds is 5. The summed E-state index contributed by atoms with van der Waals surface area (Å²) in [5.74, 6) is 0.751. The van der Waals surface area contributed by atoms with Gasteiger partial charge in [0.25, 0.3) is 0 Å². The van der Waals surface area contributed by atoms with Crippen molar-refractivity contribution in [3.63, 3.8) is 0 Å². The van der Waals surface area contributed by atoms with Crippen LogP contribution in [0.2, 0.25) is 0 Å². The van der Waals surface area contributed by atoms with Crippen molar-refractivity contribution in [1.82, 2.24) is 20.5 Å². The molecular weight excluding hydrogens is 228 g/mol. The van der Waals surface area contributed by atoms with Crippen molar-refractivity contribution >= 4 is 0 Å². The number of piperidine rings is 1. The topological polar surface area (TPSA) is 54.2 Å². The lowest BCUT2D eigenvalue weighted by Crippen LogP contribution is -2.40. The highest BCUT2D eigenvalue weighted by Crippen LogP contribution is 2.18. The molecule has 0 saturated carbocycles. The Balaban J connectivity index is 1.81. The molecule has 0 aliphatic carbocycles. The molecule has 1 N–H and O–H groups in total. The number of hydrogen-bond acceptors (Lipinski definition) is 5. The maximum absolute atomic E-state index is 4.75. The largest absolute Gasteiger partial charge is 0.314 e. The monoisotopic (exact) mass is 252 g/mol. The Labute approximate surface area is 109 Å². The second kappa shape index (κ2) is 6.29. The smallest absolute Gasteiger partial charge is 0.122 e. The summed E-state index contributed by atoms with van der Waals surface area (Å²) in [5, 5.41) is 11.3. The van der Waals surface area contributed by atoms with Crippen LogP contribution in [-0.2, 0) is 6.54 Å². The molecule has 1 unspecified atom stereocenters. The third-order valence-electron chi connectivity index (χ3n) is 3.54. The second-order valence-electron chi connectivity index (χ2n) is 5.60. The minimum absolute atomic E-state index is 0.572. The molecule has 1 aliphatic rings. The van der Waals surface area contributed by atoms with Gasteiger partial charge < -0.3 is 5.32 Å². The van der Waals surface area contributed by atoms with Crippen LogP contribution in [0.4, 0.5) is 0 Å². The predicted molar refractivity (Wildman–Crippen MR) is 70.2 cm³/mol. The number of aryl methyl sites for hydroxylation is 1. The van der Waals surface area contributed by atoms with Gasteiger partial charge >= 0.3 is 0 Å². The van der Waals surface area contributed by atoms with Crippen LogP contribution < -0.4 is 5.32 Å². The third kappa shape index (κ3) is 3.78. The Morgan fingerprint density at radius 1 is 1.44 bits per heavy atom. The number of nitrogens with one attached hydrogen (secondary N) is 1. The van der Waals surface area contributed by atoms with Gasteiger partial charge in [-0.3, -0.25) is 4.90 Å². The molecule has 0 radical (unpaired) electrons.